The summed E-state index contributed by atoms with van der Waals surface area (Å²) in [5.74, 6) is -1.11. The van der Waals surface area contributed by atoms with Crippen molar-refractivity contribution in [2.75, 3.05) is 7.11 Å². The number of rotatable bonds is 2. The lowest BCUT2D eigenvalue weighted by atomic mass is 9.67. The molecule has 2 atom stereocenters. The average molecular weight is 268 g/mol. The predicted molar refractivity (Wildman–Crippen MR) is 72.4 cm³/mol. The van der Waals surface area contributed by atoms with Gasteiger partial charge in [0.05, 0.1) is 7.11 Å². The molecule has 0 heterocycles. The zero-order valence-corrected chi connectivity index (χ0v) is 12.7. The zero-order valence-electron chi connectivity index (χ0n) is 12.7. The number of esters is 2. The first-order chi connectivity index (χ1) is 8.63. The first-order valence-corrected chi connectivity index (χ1v) is 6.61. The molecule has 0 aliphatic heterocycles. The van der Waals surface area contributed by atoms with Crippen LogP contribution in [0.25, 0.3) is 0 Å². The van der Waals surface area contributed by atoms with Gasteiger partial charge in [-0.05, 0) is 46.5 Å². The van der Waals surface area contributed by atoms with Crippen molar-refractivity contribution >= 4 is 11.9 Å². The van der Waals surface area contributed by atoms with Crippen LogP contribution in [0.2, 0.25) is 0 Å². The van der Waals surface area contributed by atoms with Gasteiger partial charge in [0.25, 0.3) is 0 Å². The van der Waals surface area contributed by atoms with Crippen LogP contribution >= 0.6 is 0 Å². The molecule has 0 saturated heterocycles. The number of carbonyl (C=O) groups is 2. The van der Waals surface area contributed by atoms with Gasteiger partial charge in [0.1, 0.15) is 5.60 Å². The monoisotopic (exact) mass is 268 g/mol. The van der Waals surface area contributed by atoms with E-state index in [1.54, 1.807) is 20.8 Å². The summed E-state index contributed by atoms with van der Waals surface area (Å²) in [6.45, 7) is 9.30. The van der Waals surface area contributed by atoms with Crippen LogP contribution in [0, 0.1) is 11.3 Å². The molecule has 0 aromatic carbocycles. The summed E-state index contributed by atoms with van der Waals surface area (Å²) in [7, 11) is 1.31. The van der Waals surface area contributed by atoms with Gasteiger partial charge in [0.2, 0.25) is 0 Å². The summed E-state index contributed by atoms with van der Waals surface area (Å²) in [6, 6.07) is 0. The summed E-state index contributed by atoms with van der Waals surface area (Å²) in [5, 5.41) is 0. The minimum Gasteiger partial charge on any atom is -0.468 e. The van der Waals surface area contributed by atoms with Gasteiger partial charge < -0.3 is 9.47 Å². The molecular weight excluding hydrogens is 244 g/mol. The Kier molecular flexibility index (Phi) is 4.43. The SMILES string of the molecule is COC(=O)[C@@]1(C(=O)OC(C)(C)C)CC=C(C)C[C@@H]1C. The molecule has 4 heteroatoms. The molecule has 108 valence electrons. The Morgan fingerprint density at radius 1 is 1.32 bits per heavy atom. The minimum atomic E-state index is -1.21. The first-order valence-electron chi connectivity index (χ1n) is 6.61. The van der Waals surface area contributed by atoms with Crippen molar-refractivity contribution in [2.24, 2.45) is 11.3 Å². The molecular formula is C15H24O4. The molecule has 0 aromatic heterocycles. The van der Waals surface area contributed by atoms with E-state index in [2.05, 4.69) is 0 Å². The van der Waals surface area contributed by atoms with Gasteiger partial charge in [-0.1, -0.05) is 18.6 Å². The lowest BCUT2D eigenvalue weighted by Gasteiger charge is -2.38. The van der Waals surface area contributed by atoms with E-state index in [-0.39, 0.29) is 5.92 Å². The van der Waals surface area contributed by atoms with Crippen molar-refractivity contribution in [3.8, 4) is 0 Å². The molecule has 0 radical (unpaired) electrons. The number of hydrogen-bond acceptors (Lipinski definition) is 4. The molecule has 4 nitrogen and oxygen atoms in total. The van der Waals surface area contributed by atoms with E-state index < -0.39 is 23.0 Å². The van der Waals surface area contributed by atoms with Gasteiger partial charge in [-0.25, -0.2) is 0 Å². The van der Waals surface area contributed by atoms with Gasteiger partial charge in [0.15, 0.2) is 5.41 Å². The van der Waals surface area contributed by atoms with Crippen molar-refractivity contribution in [3.63, 3.8) is 0 Å². The van der Waals surface area contributed by atoms with Gasteiger partial charge in [-0.2, -0.15) is 0 Å². The molecule has 0 bridgehead atoms. The second-order valence-corrected chi connectivity index (χ2v) is 6.32. The molecule has 1 rings (SSSR count). The number of methoxy groups -OCH3 is 1. The first kappa shape index (κ1) is 15.7. The molecule has 19 heavy (non-hydrogen) atoms. The van der Waals surface area contributed by atoms with Crippen LogP contribution in [-0.2, 0) is 19.1 Å². The van der Waals surface area contributed by atoms with Gasteiger partial charge in [-0.3, -0.25) is 9.59 Å². The highest BCUT2D eigenvalue weighted by atomic mass is 16.6. The fourth-order valence-corrected chi connectivity index (χ4v) is 2.48. The summed E-state index contributed by atoms with van der Waals surface area (Å²) in [6.07, 6.45) is 2.98. The van der Waals surface area contributed by atoms with Gasteiger partial charge >= 0.3 is 11.9 Å². The normalized spacial score (nSPS) is 27.5. The van der Waals surface area contributed by atoms with Crippen LogP contribution in [0.3, 0.4) is 0 Å². The molecule has 0 N–H and O–H groups in total. The van der Waals surface area contributed by atoms with Crippen LogP contribution in [0.1, 0.15) is 47.5 Å². The summed E-state index contributed by atoms with van der Waals surface area (Å²) in [4.78, 5) is 24.7. The summed E-state index contributed by atoms with van der Waals surface area (Å²) in [5.41, 5.74) is -0.633. The Morgan fingerprint density at radius 3 is 2.32 bits per heavy atom. The highest BCUT2D eigenvalue weighted by molar-refractivity contribution is 6.01. The maximum Gasteiger partial charge on any atom is 0.324 e. The van der Waals surface area contributed by atoms with E-state index in [0.717, 1.165) is 0 Å². The van der Waals surface area contributed by atoms with Crippen LogP contribution < -0.4 is 0 Å². The third-order valence-electron chi connectivity index (χ3n) is 3.55. The van der Waals surface area contributed by atoms with E-state index >= 15 is 0 Å². The number of ether oxygens (including phenoxy) is 2. The van der Waals surface area contributed by atoms with Crippen LogP contribution in [-0.4, -0.2) is 24.6 Å². The highest BCUT2D eigenvalue weighted by Gasteiger charge is 2.54. The van der Waals surface area contributed by atoms with Crippen LogP contribution in [0.15, 0.2) is 11.6 Å². The predicted octanol–water partition coefficient (Wildman–Crippen LogP) is 2.86. The fraction of sp³-hybridized carbons (Fsp3) is 0.733. The minimum absolute atomic E-state index is 0.125. The van der Waals surface area contributed by atoms with Crippen molar-refractivity contribution in [1.82, 2.24) is 0 Å². The zero-order chi connectivity index (χ0) is 14.8. The highest BCUT2D eigenvalue weighted by Crippen LogP contribution is 2.43. The second-order valence-electron chi connectivity index (χ2n) is 6.32. The molecule has 0 amide bonds. The van der Waals surface area contributed by atoms with Gasteiger partial charge in [-0.15, -0.1) is 0 Å². The number of hydrogen-bond donors (Lipinski definition) is 0. The largest absolute Gasteiger partial charge is 0.468 e. The van der Waals surface area contributed by atoms with Gasteiger partial charge in [0, 0.05) is 0 Å². The fourth-order valence-electron chi connectivity index (χ4n) is 2.48. The quantitative estimate of drug-likeness (QED) is 0.439. The molecule has 0 fully saturated rings. The lowest BCUT2D eigenvalue weighted by molar-refractivity contribution is -0.183. The average Bonchev–Trinajstić information content (AvgIpc) is 2.26. The smallest absolute Gasteiger partial charge is 0.324 e. The lowest BCUT2D eigenvalue weighted by Crippen LogP contribution is -2.49. The second kappa shape index (κ2) is 5.35. The van der Waals surface area contributed by atoms with Crippen molar-refractivity contribution < 1.29 is 19.1 Å². The Morgan fingerprint density at radius 2 is 1.89 bits per heavy atom. The molecule has 0 saturated carbocycles. The molecule has 0 unspecified atom stereocenters. The van der Waals surface area contributed by atoms with E-state index in [0.29, 0.717) is 12.8 Å². The molecule has 0 spiro atoms. The Labute approximate surface area is 115 Å². The topological polar surface area (TPSA) is 52.6 Å². The maximum absolute atomic E-state index is 12.5. The molecule has 1 aliphatic carbocycles. The summed E-state index contributed by atoms with van der Waals surface area (Å²) >= 11 is 0. The number of carbonyl (C=O) groups excluding carboxylic acids is 2. The van der Waals surface area contributed by atoms with Crippen molar-refractivity contribution in [3.05, 3.63) is 11.6 Å². The van der Waals surface area contributed by atoms with E-state index in [1.165, 1.54) is 12.7 Å². The van der Waals surface area contributed by atoms with E-state index in [1.807, 2.05) is 19.9 Å². The summed E-state index contributed by atoms with van der Waals surface area (Å²) < 4.78 is 10.3. The van der Waals surface area contributed by atoms with Crippen molar-refractivity contribution in [1.29, 1.82) is 0 Å². The Balaban J connectivity index is 3.15. The van der Waals surface area contributed by atoms with Crippen LogP contribution in [0.4, 0.5) is 0 Å². The van der Waals surface area contributed by atoms with E-state index in [9.17, 15) is 9.59 Å². The Hall–Kier alpha value is -1.32. The Bertz CT molecular complexity index is 403. The third kappa shape index (κ3) is 3.17. The molecule has 0 aromatic rings. The van der Waals surface area contributed by atoms with Crippen molar-refractivity contribution in [2.45, 2.75) is 53.1 Å². The van der Waals surface area contributed by atoms with Crippen LogP contribution in [0.5, 0.6) is 0 Å². The third-order valence-corrected chi connectivity index (χ3v) is 3.55. The molecule has 1 aliphatic rings. The van der Waals surface area contributed by atoms with E-state index in [4.69, 9.17) is 9.47 Å². The number of allylic oxidation sites excluding steroid dienone is 2. The maximum atomic E-state index is 12.5. The standard InChI is InChI=1S/C15H24O4/c1-10-7-8-15(11(2)9-10,12(16)18-6)13(17)19-14(3,4)5/h7,11H,8-9H2,1-6H3/t11-,15+/m0/s1.